The van der Waals surface area contributed by atoms with Crippen LogP contribution in [0.2, 0.25) is 0 Å². The Bertz CT molecular complexity index is 583. The second kappa shape index (κ2) is 10.8. The summed E-state index contributed by atoms with van der Waals surface area (Å²) in [6.07, 6.45) is 3.17. The summed E-state index contributed by atoms with van der Waals surface area (Å²) in [6.45, 7) is 18.0. The van der Waals surface area contributed by atoms with E-state index in [1.807, 2.05) is 12.1 Å². The lowest BCUT2D eigenvalue weighted by Crippen LogP contribution is -2.40. The van der Waals surface area contributed by atoms with Crippen LogP contribution >= 0.6 is 0 Å². The highest BCUT2D eigenvalue weighted by atomic mass is 16.5. The molecule has 0 spiro atoms. The average Bonchev–Trinajstić information content (AvgIpc) is 2.62. The van der Waals surface area contributed by atoms with E-state index in [1.165, 1.54) is 18.4 Å². The van der Waals surface area contributed by atoms with Crippen LogP contribution in [0.25, 0.3) is 0 Å². The molecule has 4 nitrogen and oxygen atoms in total. The lowest BCUT2D eigenvalue weighted by atomic mass is 9.72. The summed E-state index contributed by atoms with van der Waals surface area (Å²) >= 11 is 0. The van der Waals surface area contributed by atoms with E-state index in [4.69, 9.17) is 9.47 Å². The number of ether oxygens (including phenoxy) is 2. The van der Waals surface area contributed by atoms with Crippen LogP contribution in [0.3, 0.4) is 0 Å². The average molecular weight is 406 g/mol. The SMILES string of the molecule is CC1CCN(CC(O)COCCOc2ccc(C(C)(C)CC(C)(C)C)cc2)CC1. The molecule has 0 amide bonds. The minimum Gasteiger partial charge on any atom is -0.491 e. The number of piperidine rings is 1. The van der Waals surface area contributed by atoms with Gasteiger partial charge >= 0.3 is 0 Å². The van der Waals surface area contributed by atoms with E-state index in [-0.39, 0.29) is 5.41 Å². The number of likely N-dealkylation sites (tertiary alicyclic amines) is 1. The highest BCUT2D eigenvalue weighted by molar-refractivity contribution is 5.31. The smallest absolute Gasteiger partial charge is 0.119 e. The summed E-state index contributed by atoms with van der Waals surface area (Å²) in [5.74, 6) is 1.68. The minimum absolute atomic E-state index is 0.141. The van der Waals surface area contributed by atoms with Crippen LogP contribution in [-0.2, 0) is 10.2 Å². The van der Waals surface area contributed by atoms with Gasteiger partial charge in [0.05, 0.1) is 19.3 Å². The van der Waals surface area contributed by atoms with E-state index < -0.39 is 6.10 Å². The topological polar surface area (TPSA) is 41.9 Å². The van der Waals surface area contributed by atoms with Crippen molar-refractivity contribution < 1.29 is 14.6 Å². The number of β-amino-alcohol motifs (C(OH)–C–C–N with tert-alkyl or cyclic N) is 1. The Kier molecular flexibility index (Phi) is 8.99. The van der Waals surface area contributed by atoms with Crippen LogP contribution in [0.1, 0.15) is 66.4 Å². The highest BCUT2D eigenvalue weighted by Gasteiger charge is 2.27. The molecule has 29 heavy (non-hydrogen) atoms. The van der Waals surface area contributed by atoms with Crippen molar-refractivity contribution >= 4 is 0 Å². The first kappa shape index (κ1) is 24.2. The first-order valence-electron chi connectivity index (χ1n) is 11.3. The van der Waals surface area contributed by atoms with Gasteiger partial charge in [-0.1, -0.05) is 53.7 Å². The zero-order valence-electron chi connectivity index (χ0n) is 19.5. The Balaban J connectivity index is 1.64. The predicted molar refractivity (Wildman–Crippen MR) is 121 cm³/mol. The summed E-state index contributed by atoms with van der Waals surface area (Å²) in [5.41, 5.74) is 1.78. The third kappa shape index (κ3) is 9.06. The van der Waals surface area contributed by atoms with Crippen LogP contribution < -0.4 is 4.74 Å². The van der Waals surface area contributed by atoms with E-state index in [0.717, 1.165) is 31.2 Å². The molecule has 1 aliphatic rings. The fourth-order valence-corrected chi connectivity index (χ4v) is 4.46. The van der Waals surface area contributed by atoms with Gasteiger partial charge in [-0.15, -0.1) is 0 Å². The second-order valence-electron chi connectivity index (χ2n) is 10.7. The van der Waals surface area contributed by atoms with Gasteiger partial charge < -0.3 is 19.5 Å². The molecule has 1 fully saturated rings. The van der Waals surface area contributed by atoms with Gasteiger partial charge in [-0.2, -0.15) is 0 Å². The van der Waals surface area contributed by atoms with Crippen LogP contribution in [0.15, 0.2) is 24.3 Å². The van der Waals surface area contributed by atoms with Gasteiger partial charge in [0, 0.05) is 6.54 Å². The van der Waals surface area contributed by atoms with E-state index in [9.17, 15) is 5.11 Å². The fourth-order valence-electron chi connectivity index (χ4n) is 4.46. The molecular formula is C25H43NO3. The van der Waals surface area contributed by atoms with Crippen molar-refractivity contribution in [2.75, 3.05) is 39.5 Å². The van der Waals surface area contributed by atoms with E-state index in [2.05, 4.69) is 58.6 Å². The molecule has 4 heteroatoms. The first-order chi connectivity index (χ1) is 13.5. The quantitative estimate of drug-likeness (QED) is 0.563. The number of benzene rings is 1. The zero-order valence-corrected chi connectivity index (χ0v) is 19.5. The van der Waals surface area contributed by atoms with Crippen LogP contribution in [-0.4, -0.2) is 55.6 Å². The Morgan fingerprint density at radius 2 is 1.66 bits per heavy atom. The first-order valence-corrected chi connectivity index (χ1v) is 11.3. The highest BCUT2D eigenvalue weighted by Crippen LogP contribution is 2.36. The Labute approximate surface area is 178 Å². The van der Waals surface area contributed by atoms with Gasteiger partial charge in [-0.3, -0.25) is 0 Å². The maximum Gasteiger partial charge on any atom is 0.119 e. The lowest BCUT2D eigenvalue weighted by Gasteiger charge is -2.33. The number of nitrogens with zero attached hydrogens (tertiary/aromatic N) is 1. The number of rotatable bonds is 10. The minimum atomic E-state index is -0.423. The summed E-state index contributed by atoms with van der Waals surface area (Å²) in [4.78, 5) is 2.34. The van der Waals surface area contributed by atoms with E-state index >= 15 is 0 Å². The number of hydrogen-bond acceptors (Lipinski definition) is 4. The van der Waals surface area contributed by atoms with Crippen LogP contribution in [0.5, 0.6) is 5.75 Å². The van der Waals surface area contributed by atoms with Crippen molar-refractivity contribution in [2.24, 2.45) is 11.3 Å². The molecule has 1 N–H and O–H groups in total. The third-order valence-electron chi connectivity index (χ3n) is 5.76. The van der Waals surface area contributed by atoms with Gasteiger partial charge in [0.15, 0.2) is 0 Å². The molecule has 1 atom stereocenters. The van der Waals surface area contributed by atoms with Crippen molar-refractivity contribution in [3.8, 4) is 5.75 Å². The molecule has 1 heterocycles. The van der Waals surface area contributed by atoms with E-state index in [0.29, 0.717) is 31.8 Å². The largest absolute Gasteiger partial charge is 0.491 e. The normalized spacial score (nSPS) is 18.0. The summed E-state index contributed by atoms with van der Waals surface area (Å²) in [7, 11) is 0. The molecule has 0 saturated carbocycles. The Morgan fingerprint density at radius 1 is 1.03 bits per heavy atom. The van der Waals surface area contributed by atoms with Gasteiger partial charge in [-0.25, -0.2) is 0 Å². The monoisotopic (exact) mass is 405 g/mol. The summed E-state index contributed by atoms with van der Waals surface area (Å²) in [5, 5.41) is 10.2. The summed E-state index contributed by atoms with van der Waals surface area (Å²) in [6, 6.07) is 8.44. The number of aliphatic hydroxyl groups excluding tert-OH is 1. The summed E-state index contributed by atoms with van der Waals surface area (Å²) < 4.78 is 11.4. The van der Waals surface area contributed by atoms with Gasteiger partial charge in [-0.05, 0) is 66.8 Å². The van der Waals surface area contributed by atoms with Crippen molar-refractivity contribution in [1.29, 1.82) is 0 Å². The molecule has 0 aromatic heterocycles. The van der Waals surface area contributed by atoms with Crippen LogP contribution in [0.4, 0.5) is 0 Å². The maximum absolute atomic E-state index is 10.2. The van der Waals surface area contributed by atoms with Gasteiger partial charge in [0.25, 0.3) is 0 Å². The van der Waals surface area contributed by atoms with Crippen molar-refractivity contribution in [3.05, 3.63) is 29.8 Å². The molecule has 2 rings (SSSR count). The molecule has 0 radical (unpaired) electrons. The molecule has 0 bridgehead atoms. The van der Waals surface area contributed by atoms with Crippen molar-refractivity contribution in [2.45, 2.75) is 72.3 Å². The Morgan fingerprint density at radius 3 is 2.24 bits per heavy atom. The Hall–Kier alpha value is -1.10. The molecule has 0 aliphatic carbocycles. The van der Waals surface area contributed by atoms with Gasteiger partial charge in [0.1, 0.15) is 12.4 Å². The van der Waals surface area contributed by atoms with Crippen molar-refractivity contribution in [1.82, 2.24) is 4.90 Å². The molecular weight excluding hydrogens is 362 g/mol. The molecule has 1 saturated heterocycles. The van der Waals surface area contributed by atoms with Gasteiger partial charge in [0.2, 0.25) is 0 Å². The molecule has 1 unspecified atom stereocenters. The fraction of sp³-hybridized carbons (Fsp3) is 0.760. The second-order valence-corrected chi connectivity index (χ2v) is 10.7. The predicted octanol–water partition coefficient (Wildman–Crippen LogP) is 4.89. The molecule has 1 aromatic carbocycles. The zero-order chi connectivity index (χ0) is 21.5. The van der Waals surface area contributed by atoms with E-state index in [1.54, 1.807) is 0 Å². The van der Waals surface area contributed by atoms with Crippen molar-refractivity contribution in [3.63, 3.8) is 0 Å². The molecule has 1 aliphatic heterocycles. The molecule has 166 valence electrons. The third-order valence-corrected chi connectivity index (χ3v) is 5.76. The number of hydrogen-bond donors (Lipinski definition) is 1. The van der Waals surface area contributed by atoms with Crippen LogP contribution in [0, 0.1) is 11.3 Å². The number of aliphatic hydroxyl groups is 1. The standard InChI is InChI=1S/C25H43NO3/c1-20-11-13-26(14-12-20)17-22(27)18-28-15-16-29-23-9-7-21(8-10-23)25(5,6)19-24(2,3)4/h7-10,20,22,27H,11-19H2,1-6H3. The lowest BCUT2D eigenvalue weighted by molar-refractivity contribution is 0.00333. The maximum atomic E-state index is 10.2. The molecule has 1 aromatic rings.